The molecule has 3 N–H and O–H groups in total. The minimum absolute atomic E-state index is 0.461. The zero-order valence-corrected chi connectivity index (χ0v) is 15.4. The quantitative estimate of drug-likeness (QED) is 0.424. The summed E-state index contributed by atoms with van der Waals surface area (Å²) in [6.07, 6.45) is 4.92. The normalized spacial score (nSPS) is 10.9. The van der Waals surface area contributed by atoms with E-state index in [2.05, 4.69) is 40.7 Å². The van der Waals surface area contributed by atoms with E-state index in [1.165, 1.54) is 6.33 Å². The number of hydrogen-bond acceptors (Lipinski definition) is 7. The number of pyridine rings is 1. The fourth-order valence-electron chi connectivity index (χ4n) is 3.16. The first kappa shape index (κ1) is 16.9. The van der Waals surface area contributed by atoms with E-state index in [0.29, 0.717) is 23.0 Å². The van der Waals surface area contributed by atoms with Crippen LogP contribution in [-0.2, 0) is 0 Å². The summed E-state index contributed by atoms with van der Waals surface area (Å²) in [5.41, 5.74) is 4.77. The summed E-state index contributed by atoms with van der Waals surface area (Å²) in [6.45, 7) is 0. The molecule has 4 heterocycles. The highest BCUT2D eigenvalue weighted by Crippen LogP contribution is 2.34. The van der Waals surface area contributed by atoms with E-state index >= 15 is 0 Å². The number of ether oxygens (including phenoxy) is 1. The second-order valence-corrected chi connectivity index (χ2v) is 6.26. The molecule has 0 atom stereocenters. The van der Waals surface area contributed by atoms with E-state index in [9.17, 15) is 0 Å². The lowest BCUT2D eigenvalue weighted by Gasteiger charge is -2.12. The number of H-pyrrole nitrogens is 2. The molecule has 9 nitrogen and oxygen atoms in total. The summed E-state index contributed by atoms with van der Waals surface area (Å²) in [6, 6.07) is 13.8. The second kappa shape index (κ2) is 7.04. The van der Waals surface area contributed by atoms with Crippen molar-refractivity contribution in [1.82, 2.24) is 35.3 Å². The van der Waals surface area contributed by atoms with E-state index in [0.717, 1.165) is 27.9 Å². The van der Waals surface area contributed by atoms with Crippen LogP contribution >= 0.6 is 0 Å². The van der Waals surface area contributed by atoms with Crippen LogP contribution in [-0.4, -0.2) is 42.5 Å². The van der Waals surface area contributed by atoms with Gasteiger partial charge in [-0.25, -0.2) is 15.0 Å². The topological polar surface area (TPSA) is 117 Å². The lowest BCUT2D eigenvalue weighted by Crippen LogP contribution is -2.00. The highest BCUT2D eigenvalue weighted by atomic mass is 16.5. The number of benzene rings is 1. The summed E-state index contributed by atoms with van der Waals surface area (Å²) in [7, 11) is 1.58. The van der Waals surface area contributed by atoms with Crippen molar-refractivity contribution in [3.05, 3.63) is 61.2 Å². The molecule has 0 bridgehead atoms. The summed E-state index contributed by atoms with van der Waals surface area (Å²) < 4.78 is 5.45. The van der Waals surface area contributed by atoms with Crippen molar-refractivity contribution in [3.8, 4) is 28.4 Å². The third-order valence-corrected chi connectivity index (χ3v) is 4.53. The Morgan fingerprint density at radius 2 is 1.86 bits per heavy atom. The Hall–Kier alpha value is -4.27. The molecule has 9 heteroatoms. The maximum Gasteiger partial charge on any atom is 0.237 e. The number of fused-ring (bicyclic) bond motifs is 1. The van der Waals surface area contributed by atoms with Gasteiger partial charge in [-0.05, 0) is 17.7 Å². The van der Waals surface area contributed by atoms with Gasteiger partial charge in [0.05, 0.1) is 23.9 Å². The van der Waals surface area contributed by atoms with E-state index in [-0.39, 0.29) is 0 Å². The monoisotopic (exact) mass is 384 g/mol. The molecular weight excluding hydrogens is 368 g/mol. The lowest BCUT2D eigenvalue weighted by atomic mass is 10.1. The van der Waals surface area contributed by atoms with Gasteiger partial charge in [-0.3, -0.25) is 10.2 Å². The molecule has 0 spiro atoms. The van der Waals surface area contributed by atoms with Crippen LogP contribution in [0.1, 0.15) is 0 Å². The Bertz CT molecular complexity index is 1260. The van der Waals surface area contributed by atoms with Gasteiger partial charge in [-0.2, -0.15) is 10.2 Å². The minimum atomic E-state index is 0.461. The smallest absolute Gasteiger partial charge is 0.237 e. The van der Waals surface area contributed by atoms with Gasteiger partial charge < -0.3 is 10.1 Å². The maximum absolute atomic E-state index is 5.45. The van der Waals surface area contributed by atoms with Gasteiger partial charge in [-0.1, -0.05) is 30.3 Å². The van der Waals surface area contributed by atoms with Crippen molar-refractivity contribution in [1.29, 1.82) is 0 Å². The predicted molar refractivity (Wildman–Crippen MR) is 109 cm³/mol. The molecule has 0 fully saturated rings. The molecule has 0 aliphatic carbocycles. The van der Waals surface area contributed by atoms with Gasteiger partial charge in [0.1, 0.15) is 17.8 Å². The first-order valence-corrected chi connectivity index (χ1v) is 8.89. The molecule has 5 rings (SSSR count). The molecule has 29 heavy (non-hydrogen) atoms. The van der Waals surface area contributed by atoms with Crippen LogP contribution in [0.5, 0.6) is 5.88 Å². The van der Waals surface area contributed by atoms with Crippen molar-refractivity contribution in [2.45, 2.75) is 0 Å². The molecule has 4 aromatic heterocycles. The van der Waals surface area contributed by atoms with Gasteiger partial charge in [0.15, 0.2) is 5.65 Å². The average molecular weight is 384 g/mol. The molecule has 0 saturated heterocycles. The molecule has 0 radical (unpaired) electrons. The number of nitrogens with one attached hydrogen (secondary N) is 3. The average Bonchev–Trinajstić information content (AvgIpc) is 3.44. The Morgan fingerprint density at radius 1 is 0.966 bits per heavy atom. The van der Waals surface area contributed by atoms with Crippen LogP contribution in [0, 0.1) is 0 Å². The predicted octanol–water partition coefficient (Wildman–Crippen LogP) is 3.56. The zero-order chi connectivity index (χ0) is 19.6. The van der Waals surface area contributed by atoms with Crippen LogP contribution in [0.2, 0.25) is 0 Å². The first-order chi connectivity index (χ1) is 14.3. The van der Waals surface area contributed by atoms with Crippen LogP contribution < -0.4 is 10.1 Å². The Morgan fingerprint density at radius 3 is 2.66 bits per heavy atom. The van der Waals surface area contributed by atoms with Crippen molar-refractivity contribution >= 4 is 22.5 Å². The molecule has 0 saturated carbocycles. The number of aromatic nitrogens is 7. The zero-order valence-electron chi connectivity index (χ0n) is 15.4. The number of anilines is 2. The maximum atomic E-state index is 5.45. The Kier molecular flexibility index (Phi) is 4.10. The molecule has 0 unspecified atom stereocenters. The largest absolute Gasteiger partial charge is 0.480 e. The van der Waals surface area contributed by atoms with Crippen LogP contribution in [0.15, 0.2) is 61.2 Å². The van der Waals surface area contributed by atoms with Gasteiger partial charge >= 0.3 is 0 Å². The van der Waals surface area contributed by atoms with Crippen LogP contribution in [0.25, 0.3) is 33.5 Å². The minimum Gasteiger partial charge on any atom is -0.480 e. The molecule has 5 aromatic rings. The second-order valence-electron chi connectivity index (χ2n) is 6.26. The van der Waals surface area contributed by atoms with Crippen molar-refractivity contribution in [2.75, 3.05) is 12.4 Å². The standard InChI is InChI=1S/C20H16N8O/c1-29-20-15(9-13(10-21-20)12-5-3-2-4-6-12)25-18-16-17(14-7-8-24-26-14)27-28-19(16)23-11-22-18/h2-11H,1H3,(H,24,26)(H2,22,23,25,27,28). The summed E-state index contributed by atoms with van der Waals surface area (Å²) in [5.74, 6) is 1.04. The molecule has 142 valence electrons. The van der Waals surface area contributed by atoms with E-state index in [1.807, 2.05) is 42.5 Å². The van der Waals surface area contributed by atoms with Crippen LogP contribution in [0.4, 0.5) is 11.5 Å². The number of nitrogens with zero attached hydrogens (tertiary/aromatic N) is 5. The third kappa shape index (κ3) is 3.04. The van der Waals surface area contributed by atoms with E-state index in [4.69, 9.17) is 4.74 Å². The van der Waals surface area contributed by atoms with Gasteiger partial charge in [0.25, 0.3) is 0 Å². The highest BCUT2D eigenvalue weighted by molar-refractivity contribution is 5.99. The van der Waals surface area contributed by atoms with Crippen molar-refractivity contribution in [3.63, 3.8) is 0 Å². The van der Waals surface area contributed by atoms with Crippen LogP contribution in [0.3, 0.4) is 0 Å². The first-order valence-electron chi connectivity index (χ1n) is 8.89. The van der Waals surface area contributed by atoms with Crippen molar-refractivity contribution in [2.24, 2.45) is 0 Å². The molecule has 0 aliphatic heterocycles. The Balaban J connectivity index is 1.62. The summed E-state index contributed by atoms with van der Waals surface area (Å²) in [4.78, 5) is 13.1. The molecular formula is C20H16N8O. The van der Waals surface area contributed by atoms with Gasteiger partial charge in [0.2, 0.25) is 5.88 Å². The Labute approximate surface area is 165 Å². The summed E-state index contributed by atoms with van der Waals surface area (Å²) in [5, 5.41) is 18.3. The lowest BCUT2D eigenvalue weighted by molar-refractivity contribution is 0.400. The number of methoxy groups -OCH3 is 1. The summed E-state index contributed by atoms with van der Waals surface area (Å²) >= 11 is 0. The molecule has 0 amide bonds. The molecule has 0 aliphatic rings. The van der Waals surface area contributed by atoms with Gasteiger partial charge in [-0.15, -0.1) is 0 Å². The molecule has 1 aromatic carbocycles. The SMILES string of the molecule is COc1ncc(-c2ccccc2)cc1Nc1ncnc2n[nH]c(-c3ccn[nH]3)c12. The fourth-order valence-corrected chi connectivity index (χ4v) is 3.16. The fraction of sp³-hybridized carbons (Fsp3) is 0.0500. The highest BCUT2D eigenvalue weighted by Gasteiger charge is 2.17. The van der Waals surface area contributed by atoms with Crippen molar-refractivity contribution < 1.29 is 4.74 Å². The number of hydrogen-bond donors (Lipinski definition) is 3. The van der Waals surface area contributed by atoms with Gasteiger partial charge in [0, 0.05) is 18.0 Å². The van der Waals surface area contributed by atoms with E-state index in [1.54, 1.807) is 19.5 Å². The number of rotatable bonds is 5. The van der Waals surface area contributed by atoms with E-state index < -0.39 is 0 Å². The third-order valence-electron chi connectivity index (χ3n) is 4.53. The number of aromatic amines is 2.